The van der Waals surface area contributed by atoms with Crippen LogP contribution in [0, 0.1) is 0 Å². The van der Waals surface area contributed by atoms with Crippen molar-refractivity contribution in [1.29, 1.82) is 0 Å². The zero-order valence-corrected chi connectivity index (χ0v) is 6.65. The molecule has 4 heteroatoms. The molecule has 0 saturated carbocycles. The third kappa shape index (κ3) is 1.12. The van der Waals surface area contributed by atoms with Crippen molar-refractivity contribution < 1.29 is 9.52 Å². The van der Waals surface area contributed by atoms with Gasteiger partial charge in [-0.1, -0.05) is 12.1 Å². The summed E-state index contributed by atoms with van der Waals surface area (Å²) in [5, 5.41) is 9.67. The van der Waals surface area contributed by atoms with Crippen LogP contribution in [0.5, 0.6) is 5.75 Å². The van der Waals surface area contributed by atoms with E-state index in [0.29, 0.717) is 16.7 Å². The number of fused-ring (bicyclic) bond motifs is 1. The fourth-order valence-corrected chi connectivity index (χ4v) is 1.16. The number of nitrogen functional groups attached to an aromatic ring is 1. The van der Waals surface area contributed by atoms with Crippen LogP contribution in [0.1, 0.15) is 0 Å². The average Bonchev–Trinajstić information content (AvgIpc) is 2.09. The molecular weight excluding hydrogens is 170 g/mol. The van der Waals surface area contributed by atoms with Gasteiger partial charge in [-0.25, -0.2) is 4.79 Å². The lowest BCUT2D eigenvalue weighted by atomic mass is 10.2. The molecule has 66 valence electrons. The molecule has 0 saturated heterocycles. The topological polar surface area (TPSA) is 76.5 Å². The Bertz CT molecular complexity index is 516. The number of para-hydroxylation sites is 1. The van der Waals surface area contributed by atoms with Gasteiger partial charge in [0.2, 0.25) is 5.75 Å². The Balaban J connectivity index is 2.97. The maximum absolute atomic E-state index is 10.9. The predicted molar refractivity (Wildman–Crippen MR) is 48.6 cm³/mol. The van der Waals surface area contributed by atoms with E-state index in [9.17, 15) is 4.79 Å². The summed E-state index contributed by atoms with van der Waals surface area (Å²) >= 11 is 0. The minimum atomic E-state index is -0.773. The Hall–Kier alpha value is -1.97. The number of anilines is 1. The molecule has 0 aliphatic rings. The molecule has 4 nitrogen and oxygen atoms in total. The summed E-state index contributed by atoms with van der Waals surface area (Å²) in [5.74, 6) is -0.405. The Morgan fingerprint density at radius 1 is 1.38 bits per heavy atom. The molecule has 0 amide bonds. The molecule has 0 spiro atoms. The SMILES string of the molecule is Nc1cccc2cc(O)c(=O)oc12. The van der Waals surface area contributed by atoms with Gasteiger partial charge < -0.3 is 15.3 Å². The van der Waals surface area contributed by atoms with Gasteiger partial charge in [-0.05, 0) is 12.1 Å². The summed E-state index contributed by atoms with van der Waals surface area (Å²) in [6.07, 6.45) is 0. The maximum Gasteiger partial charge on any atom is 0.378 e. The van der Waals surface area contributed by atoms with Gasteiger partial charge in [-0.15, -0.1) is 0 Å². The highest BCUT2D eigenvalue weighted by Crippen LogP contribution is 2.21. The molecular formula is C9H7NO3. The number of rotatable bonds is 0. The van der Waals surface area contributed by atoms with Crippen molar-refractivity contribution in [2.24, 2.45) is 0 Å². The summed E-state index contributed by atoms with van der Waals surface area (Å²) in [6.45, 7) is 0. The van der Waals surface area contributed by atoms with Gasteiger partial charge in [-0.2, -0.15) is 0 Å². The van der Waals surface area contributed by atoms with Gasteiger partial charge in [0.1, 0.15) is 0 Å². The zero-order chi connectivity index (χ0) is 9.42. The molecule has 0 unspecified atom stereocenters. The first-order valence-corrected chi connectivity index (χ1v) is 3.70. The minimum absolute atomic E-state index is 0.310. The standard InChI is InChI=1S/C9H7NO3/c10-6-3-1-2-5-4-7(11)9(12)13-8(5)6/h1-4,11H,10H2. The smallest absolute Gasteiger partial charge is 0.378 e. The van der Waals surface area contributed by atoms with Crippen molar-refractivity contribution in [3.63, 3.8) is 0 Å². The highest BCUT2D eigenvalue weighted by atomic mass is 16.4. The van der Waals surface area contributed by atoms with E-state index in [4.69, 9.17) is 15.3 Å². The van der Waals surface area contributed by atoms with Gasteiger partial charge in [0.15, 0.2) is 5.58 Å². The lowest BCUT2D eigenvalue weighted by molar-refractivity contribution is 0.428. The van der Waals surface area contributed by atoms with E-state index in [1.54, 1.807) is 18.2 Å². The van der Waals surface area contributed by atoms with Crippen molar-refractivity contribution in [3.8, 4) is 5.75 Å². The largest absolute Gasteiger partial charge is 0.502 e. The van der Waals surface area contributed by atoms with Crippen LogP contribution in [0.25, 0.3) is 11.0 Å². The third-order valence-corrected chi connectivity index (χ3v) is 1.77. The molecule has 1 aromatic carbocycles. The average molecular weight is 177 g/mol. The van der Waals surface area contributed by atoms with Crippen molar-refractivity contribution in [1.82, 2.24) is 0 Å². The molecule has 2 aromatic rings. The van der Waals surface area contributed by atoms with Crippen molar-refractivity contribution >= 4 is 16.7 Å². The first-order valence-electron chi connectivity index (χ1n) is 3.70. The van der Waals surface area contributed by atoms with Crippen LogP contribution < -0.4 is 11.4 Å². The molecule has 0 bridgehead atoms. The maximum atomic E-state index is 10.9. The van der Waals surface area contributed by atoms with E-state index in [0.717, 1.165) is 0 Å². The highest BCUT2D eigenvalue weighted by Gasteiger charge is 2.04. The molecule has 3 N–H and O–H groups in total. The predicted octanol–water partition coefficient (Wildman–Crippen LogP) is 1.08. The second-order valence-corrected chi connectivity index (χ2v) is 2.68. The summed E-state index contributed by atoms with van der Waals surface area (Å²) in [5.41, 5.74) is 5.48. The van der Waals surface area contributed by atoms with Gasteiger partial charge in [0.05, 0.1) is 5.69 Å². The fourth-order valence-electron chi connectivity index (χ4n) is 1.16. The molecule has 1 heterocycles. The minimum Gasteiger partial charge on any atom is -0.502 e. The number of benzene rings is 1. The van der Waals surface area contributed by atoms with Crippen LogP contribution in [-0.2, 0) is 0 Å². The first-order chi connectivity index (χ1) is 6.18. The van der Waals surface area contributed by atoms with Crippen LogP contribution in [0.4, 0.5) is 5.69 Å². The number of aromatic hydroxyl groups is 1. The number of hydrogen-bond acceptors (Lipinski definition) is 4. The quantitative estimate of drug-likeness (QED) is 0.466. The molecule has 1 aromatic heterocycles. The molecule has 0 aliphatic heterocycles. The van der Waals surface area contributed by atoms with Crippen LogP contribution in [-0.4, -0.2) is 5.11 Å². The Kier molecular flexibility index (Phi) is 1.48. The molecule has 0 radical (unpaired) electrons. The van der Waals surface area contributed by atoms with E-state index in [1.807, 2.05) is 0 Å². The van der Waals surface area contributed by atoms with Gasteiger partial charge in [-0.3, -0.25) is 0 Å². The van der Waals surface area contributed by atoms with Crippen molar-refractivity contribution in [2.45, 2.75) is 0 Å². The summed E-state index contributed by atoms with van der Waals surface area (Å²) < 4.78 is 4.79. The Labute approximate surface area is 73.2 Å². The summed E-state index contributed by atoms with van der Waals surface area (Å²) in [4.78, 5) is 10.9. The van der Waals surface area contributed by atoms with Gasteiger partial charge in [0.25, 0.3) is 0 Å². The normalized spacial score (nSPS) is 10.5. The summed E-state index contributed by atoms with van der Waals surface area (Å²) in [6, 6.07) is 6.38. The monoisotopic (exact) mass is 177 g/mol. The van der Waals surface area contributed by atoms with E-state index < -0.39 is 11.4 Å². The number of hydrogen-bond donors (Lipinski definition) is 2. The fraction of sp³-hybridized carbons (Fsp3) is 0. The molecule has 0 fully saturated rings. The van der Waals surface area contributed by atoms with E-state index in [1.165, 1.54) is 6.07 Å². The lowest BCUT2D eigenvalue weighted by Crippen LogP contribution is -1.98. The highest BCUT2D eigenvalue weighted by molar-refractivity contribution is 5.87. The second-order valence-electron chi connectivity index (χ2n) is 2.68. The molecule has 0 aliphatic carbocycles. The van der Waals surface area contributed by atoms with E-state index >= 15 is 0 Å². The molecule has 2 rings (SSSR count). The Morgan fingerprint density at radius 2 is 2.15 bits per heavy atom. The zero-order valence-electron chi connectivity index (χ0n) is 6.65. The van der Waals surface area contributed by atoms with E-state index in [-0.39, 0.29) is 0 Å². The summed E-state index contributed by atoms with van der Waals surface area (Å²) in [7, 11) is 0. The molecule has 0 atom stereocenters. The lowest BCUT2D eigenvalue weighted by Gasteiger charge is -1.99. The molecule has 13 heavy (non-hydrogen) atoms. The van der Waals surface area contributed by atoms with Gasteiger partial charge >= 0.3 is 5.63 Å². The number of nitrogens with two attached hydrogens (primary N) is 1. The van der Waals surface area contributed by atoms with Crippen LogP contribution in [0.2, 0.25) is 0 Å². The first kappa shape index (κ1) is 7.67. The van der Waals surface area contributed by atoms with Gasteiger partial charge in [0, 0.05) is 5.39 Å². The van der Waals surface area contributed by atoms with Crippen molar-refractivity contribution in [3.05, 3.63) is 34.7 Å². The third-order valence-electron chi connectivity index (χ3n) is 1.77. The Morgan fingerprint density at radius 3 is 2.92 bits per heavy atom. The van der Waals surface area contributed by atoms with Crippen molar-refractivity contribution in [2.75, 3.05) is 5.73 Å². The van der Waals surface area contributed by atoms with Crippen LogP contribution >= 0.6 is 0 Å². The second kappa shape index (κ2) is 2.52. The van der Waals surface area contributed by atoms with E-state index in [2.05, 4.69) is 0 Å². The van der Waals surface area contributed by atoms with Crippen LogP contribution in [0.3, 0.4) is 0 Å². The van der Waals surface area contributed by atoms with Crippen LogP contribution in [0.15, 0.2) is 33.5 Å².